The molecular formula is C25H29FN6O4S. The standard InChI is InChI=1S/C25H29FN6O4S/c1-5-31-13-19(18-7-6-17(12-20(18)26)37(4,33)34)21-22(31)24(28-14-27-21)35-16-8-10-32(11-9-16)25-29-23(15(2)3)30-36-25/h6-7,12-16H,5,8-11H2,1-4H3. The average molecular weight is 529 g/mol. The third-order valence-corrected chi connectivity index (χ3v) is 7.66. The predicted molar refractivity (Wildman–Crippen MR) is 136 cm³/mol. The summed E-state index contributed by atoms with van der Waals surface area (Å²) in [7, 11) is -3.52. The van der Waals surface area contributed by atoms with Crippen LogP contribution < -0.4 is 9.64 Å². The molecule has 0 N–H and O–H groups in total. The lowest BCUT2D eigenvalue weighted by Gasteiger charge is -2.30. The number of benzene rings is 1. The molecule has 12 heteroatoms. The van der Waals surface area contributed by atoms with E-state index in [0.29, 0.717) is 54.0 Å². The molecule has 3 aromatic heterocycles. The summed E-state index contributed by atoms with van der Waals surface area (Å²) in [6.45, 7) is 8.02. The second kappa shape index (κ2) is 9.73. The Morgan fingerprint density at radius 3 is 2.57 bits per heavy atom. The minimum atomic E-state index is -3.52. The molecule has 5 rings (SSSR count). The first-order valence-electron chi connectivity index (χ1n) is 12.2. The molecule has 4 heterocycles. The van der Waals surface area contributed by atoms with Crippen molar-refractivity contribution in [2.24, 2.45) is 0 Å². The minimum absolute atomic E-state index is 0.0704. The van der Waals surface area contributed by atoms with E-state index in [2.05, 4.69) is 25.0 Å². The number of halogens is 1. The lowest BCUT2D eigenvalue weighted by Crippen LogP contribution is -2.38. The largest absolute Gasteiger partial charge is 0.473 e. The van der Waals surface area contributed by atoms with E-state index >= 15 is 4.39 Å². The highest BCUT2D eigenvalue weighted by Crippen LogP contribution is 2.36. The quantitative estimate of drug-likeness (QED) is 0.348. The van der Waals surface area contributed by atoms with E-state index in [4.69, 9.17) is 9.26 Å². The van der Waals surface area contributed by atoms with Gasteiger partial charge in [0.05, 0.1) is 4.90 Å². The van der Waals surface area contributed by atoms with Crippen LogP contribution in [-0.4, -0.2) is 58.5 Å². The summed E-state index contributed by atoms with van der Waals surface area (Å²) in [5.41, 5.74) is 2.03. The van der Waals surface area contributed by atoms with Crippen LogP contribution in [0.1, 0.15) is 45.4 Å². The van der Waals surface area contributed by atoms with Gasteiger partial charge in [0.15, 0.2) is 15.7 Å². The van der Waals surface area contributed by atoms with E-state index in [1.54, 1.807) is 6.20 Å². The molecule has 0 radical (unpaired) electrons. The van der Waals surface area contributed by atoms with E-state index in [9.17, 15) is 8.42 Å². The zero-order chi connectivity index (χ0) is 26.3. The van der Waals surface area contributed by atoms with Crippen molar-refractivity contribution in [3.05, 3.63) is 42.4 Å². The number of rotatable bonds is 7. The molecular weight excluding hydrogens is 499 g/mol. The van der Waals surface area contributed by atoms with Crippen LogP contribution in [0.5, 0.6) is 5.88 Å². The highest BCUT2D eigenvalue weighted by Gasteiger charge is 2.27. The first-order chi connectivity index (χ1) is 17.7. The SMILES string of the molecule is CCn1cc(-c2ccc(S(C)(=O)=O)cc2F)c2ncnc(OC3CCN(c4nc(C(C)C)no4)CC3)c21. The Morgan fingerprint density at radius 1 is 1.19 bits per heavy atom. The number of sulfone groups is 1. The van der Waals surface area contributed by atoms with Crippen molar-refractivity contribution in [3.63, 3.8) is 0 Å². The zero-order valence-electron chi connectivity index (χ0n) is 21.2. The normalized spacial score (nSPS) is 15.1. The Kier molecular flexibility index (Phi) is 6.61. The van der Waals surface area contributed by atoms with E-state index in [0.717, 1.165) is 25.2 Å². The first-order valence-corrected chi connectivity index (χ1v) is 14.1. The smallest absolute Gasteiger partial charge is 0.324 e. The third-order valence-electron chi connectivity index (χ3n) is 6.55. The zero-order valence-corrected chi connectivity index (χ0v) is 22.0. The average Bonchev–Trinajstić information content (AvgIpc) is 3.50. The van der Waals surface area contributed by atoms with Gasteiger partial charge in [0.25, 0.3) is 0 Å². The topological polar surface area (TPSA) is 116 Å². The van der Waals surface area contributed by atoms with E-state index < -0.39 is 15.7 Å². The van der Waals surface area contributed by atoms with Gasteiger partial charge in [-0.1, -0.05) is 25.1 Å². The van der Waals surface area contributed by atoms with Crippen LogP contribution in [0.15, 0.2) is 40.1 Å². The number of nitrogens with zero attached hydrogens (tertiary/aromatic N) is 6. The Hall–Kier alpha value is -3.54. The van der Waals surface area contributed by atoms with Gasteiger partial charge in [-0.05, 0) is 19.1 Å². The van der Waals surface area contributed by atoms with Crippen LogP contribution in [0.4, 0.5) is 10.4 Å². The fourth-order valence-corrected chi connectivity index (χ4v) is 5.12. The predicted octanol–water partition coefficient (Wildman–Crippen LogP) is 4.22. The van der Waals surface area contributed by atoms with Gasteiger partial charge in [-0.3, -0.25) is 0 Å². The first kappa shape index (κ1) is 25.1. The number of aromatic nitrogens is 5. The Labute approximate surface area is 214 Å². The molecule has 1 aromatic carbocycles. The lowest BCUT2D eigenvalue weighted by atomic mass is 10.1. The number of hydrogen-bond acceptors (Lipinski definition) is 9. The molecule has 1 saturated heterocycles. The number of anilines is 1. The molecule has 37 heavy (non-hydrogen) atoms. The van der Waals surface area contributed by atoms with Crippen LogP contribution in [0, 0.1) is 5.82 Å². The molecule has 4 aromatic rings. The maximum atomic E-state index is 15.0. The van der Waals surface area contributed by atoms with E-state index in [1.807, 2.05) is 25.3 Å². The maximum absolute atomic E-state index is 15.0. The van der Waals surface area contributed by atoms with Gasteiger partial charge in [0, 0.05) is 62.0 Å². The van der Waals surface area contributed by atoms with Gasteiger partial charge >= 0.3 is 6.01 Å². The molecule has 0 amide bonds. The minimum Gasteiger partial charge on any atom is -0.473 e. The monoisotopic (exact) mass is 528 g/mol. The molecule has 0 atom stereocenters. The van der Waals surface area contributed by atoms with Crippen molar-refractivity contribution in [1.29, 1.82) is 0 Å². The number of ether oxygens (including phenoxy) is 1. The van der Waals surface area contributed by atoms with Crippen LogP contribution in [-0.2, 0) is 16.4 Å². The lowest BCUT2D eigenvalue weighted by molar-refractivity contribution is 0.163. The Balaban J connectivity index is 1.40. The Bertz CT molecular complexity index is 1540. The number of aryl methyl sites for hydroxylation is 1. The molecule has 0 saturated carbocycles. The highest BCUT2D eigenvalue weighted by atomic mass is 32.2. The molecule has 10 nitrogen and oxygen atoms in total. The second-order valence-corrected chi connectivity index (χ2v) is 11.5. The van der Waals surface area contributed by atoms with Gasteiger partial charge in [0.1, 0.15) is 29.3 Å². The summed E-state index contributed by atoms with van der Waals surface area (Å²) in [4.78, 5) is 15.3. The van der Waals surface area contributed by atoms with E-state index in [1.165, 1.54) is 18.5 Å². The number of fused-ring (bicyclic) bond motifs is 1. The van der Waals surface area contributed by atoms with Crippen molar-refractivity contribution in [2.75, 3.05) is 24.2 Å². The van der Waals surface area contributed by atoms with Crippen molar-refractivity contribution in [1.82, 2.24) is 24.7 Å². The van der Waals surface area contributed by atoms with Crippen molar-refractivity contribution in [3.8, 4) is 17.0 Å². The van der Waals surface area contributed by atoms with Crippen molar-refractivity contribution >= 4 is 26.9 Å². The van der Waals surface area contributed by atoms with Gasteiger partial charge in [-0.25, -0.2) is 17.8 Å². The van der Waals surface area contributed by atoms with Crippen LogP contribution in [0.25, 0.3) is 22.2 Å². The van der Waals surface area contributed by atoms with Gasteiger partial charge in [0.2, 0.25) is 5.88 Å². The second-order valence-electron chi connectivity index (χ2n) is 9.51. The van der Waals surface area contributed by atoms with Gasteiger partial charge in [-0.2, -0.15) is 9.97 Å². The Morgan fingerprint density at radius 2 is 1.95 bits per heavy atom. The fraction of sp³-hybridized carbons (Fsp3) is 0.440. The third kappa shape index (κ3) is 4.89. The summed E-state index contributed by atoms with van der Waals surface area (Å²) < 4.78 is 52.4. The highest BCUT2D eigenvalue weighted by molar-refractivity contribution is 7.90. The number of hydrogen-bond donors (Lipinski definition) is 0. The van der Waals surface area contributed by atoms with Gasteiger partial charge in [-0.15, -0.1) is 0 Å². The number of piperidine rings is 1. The molecule has 1 fully saturated rings. The molecule has 0 aliphatic carbocycles. The molecule has 0 bridgehead atoms. The van der Waals surface area contributed by atoms with Gasteiger partial charge < -0.3 is 18.7 Å². The summed E-state index contributed by atoms with van der Waals surface area (Å²) in [6.07, 6.45) is 5.67. The van der Waals surface area contributed by atoms with Crippen molar-refractivity contribution in [2.45, 2.75) is 57.1 Å². The fourth-order valence-electron chi connectivity index (χ4n) is 4.49. The van der Waals surface area contributed by atoms with Crippen LogP contribution >= 0.6 is 0 Å². The molecule has 1 aliphatic rings. The molecule has 1 aliphatic heterocycles. The summed E-state index contributed by atoms with van der Waals surface area (Å²) in [6, 6.07) is 4.45. The summed E-state index contributed by atoms with van der Waals surface area (Å²) >= 11 is 0. The maximum Gasteiger partial charge on any atom is 0.324 e. The summed E-state index contributed by atoms with van der Waals surface area (Å²) in [5.74, 6) is 0.692. The molecule has 0 spiro atoms. The molecule has 196 valence electrons. The van der Waals surface area contributed by atoms with Crippen LogP contribution in [0.3, 0.4) is 0 Å². The van der Waals surface area contributed by atoms with E-state index in [-0.39, 0.29) is 22.5 Å². The molecule has 0 unspecified atom stereocenters. The van der Waals surface area contributed by atoms with Crippen LogP contribution in [0.2, 0.25) is 0 Å². The summed E-state index contributed by atoms with van der Waals surface area (Å²) in [5, 5.41) is 4.05. The van der Waals surface area contributed by atoms with Crippen molar-refractivity contribution < 1.29 is 22.1 Å².